The maximum Gasteiger partial charge on any atom is 0.331 e. The molecule has 2 aromatic rings. The fourth-order valence-corrected chi connectivity index (χ4v) is 3.30. The van der Waals surface area contributed by atoms with E-state index in [0.29, 0.717) is 18.5 Å². The summed E-state index contributed by atoms with van der Waals surface area (Å²) in [4.78, 5) is 40.5. The number of aromatic nitrogens is 2. The predicted molar refractivity (Wildman–Crippen MR) is 110 cm³/mol. The van der Waals surface area contributed by atoms with Crippen molar-refractivity contribution >= 4 is 23.8 Å². The lowest BCUT2D eigenvalue weighted by Gasteiger charge is -2.21. The van der Waals surface area contributed by atoms with Crippen molar-refractivity contribution in [2.45, 2.75) is 38.4 Å². The SMILES string of the molecule is CC(=O)OC1C/C=C\C(=O)C(OC(=O)/C=C/c2cn(C)cn2)Cc2ccccc2C1. The van der Waals surface area contributed by atoms with Gasteiger partial charge in [-0.25, -0.2) is 9.78 Å². The Kier molecular flexibility index (Phi) is 6.95. The number of hydrogen-bond acceptors (Lipinski definition) is 6. The highest BCUT2D eigenvalue weighted by Gasteiger charge is 2.24. The summed E-state index contributed by atoms with van der Waals surface area (Å²) in [6.45, 7) is 1.37. The van der Waals surface area contributed by atoms with E-state index in [-0.39, 0.29) is 24.3 Å². The molecule has 3 rings (SSSR count). The summed E-state index contributed by atoms with van der Waals surface area (Å²) in [5, 5.41) is 0. The van der Waals surface area contributed by atoms with E-state index in [0.717, 1.165) is 11.1 Å². The monoisotopic (exact) mass is 408 g/mol. The third-order valence-corrected chi connectivity index (χ3v) is 4.68. The Bertz CT molecular complexity index is 989. The van der Waals surface area contributed by atoms with Crippen molar-refractivity contribution < 1.29 is 23.9 Å². The van der Waals surface area contributed by atoms with Crippen molar-refractivity contribution in [1.82, 2.24) is 9.55 Å². The van der Waals surface area contributed by atoms with Crippen LogP contribution in [0.1, 0.15) is 30.2 Å². The van der Waals surface area contributed by atoms with Gasteiger partial charge in [-0.1, -0.05) is 30.3 Å². The second-order valence-electron chi connectivity index (χ2n) is 7.17. The van der Waals surface area contributed by atoms with Gasteiger partial charge in [-0.05, 0) is 23.3 Å². The second kappa shape index (κ2) is 9.82. The number of benzene rings is 1. The number of rotatable bonds is 4. The van der Waals surface area contributed by atoms with E-state index in [1.54, 1.807) is 29.2 Å². The zero-order valence-corrected chi connectivity index (χ0v) is 17.0. The van der Waals surface area contributed by atoms with Gasteiger partial charge in [0.05, 0.1) is 12.0 Å². The van der Waals surface area contributed by atoms with Crippen LogP contribution < -0.4 is 0 Å². The van der Waals surface area contributed by atoms with Crippen molar-refractivity contribution in [3.05, 3.63) is 71.8 Å². The minimum absolute atomic E-state index is 0.245. The highest BCUT2D eigenvalue weighted by Crippen LogP contribution is 2.20. The molecule has 0 bridgehead atoms. The van der Waals surface area contributed by atoms with Gasteiger partial charge in [0, 0.05) is 45.5 Å². The van der Waals surface area contributed by atoms with Gasteiger partial charge in [0.25, 0.3) is 0 Å². The minimum Gasteiger partial charge on any atom is -0.462 e. The molecular weight excluding hydrogens is 384 g/mol. The first kappa shape index (κ1) is 21.2. The van der Waals surface area contributed by atoms with Crippen molar-refractivity contribution in [2.75, 3.05) is 0 Å². The van der Waals surface area contributed by atoms with Crippen molar-refractivity contribution in [2.24, 2.45) is 7.05 Å². The zero-order valence-electron chi connectivity index (χ0n) is 17.0. The molecule has 1 aromatic heterocycles. The van der Waals surface area contributed by atoms with Crippen molar-refractivity contribution in [3.63, 3.8) is 0 Å². The third kappa shape index (κ3) is 6.01. The Morgan fingerprint density at radius 2 is 1.90 bits per heavy atom. The van der Waals surface area contributed by atoms with E-state index in [1.165, 1.54) is 19.1 Å². The summed E-state index contributed by atoms with van der Waals surface area (Å²) >= 11 is 0. The van der Waals surface area contributed by atoms with E-state index in [9.17, 15) is 14.4 Å². The molecule has 2 unspecified atom stereocenters. The van der Waals surface area contributed by atoms with Gasteiger partial charge in [0.2, 0.25) is 0 Å². The van der Waals surface area contributed by atoms with Crippen LogP contribution in [0.2, 0.25) is 0 Å². The molecule has 156 valence electrons. The molecule has 7 heteroatoms. The normalized spacial score (nSPS) is 20.4. The molecular formula is C23H24N2O5. The molecule has 0 amide bonds. The summed E-state index contributed by atoms with van der Waals surface area (Å²) in [5.74, 6) is -1.28. The topological polar surface area (TPSA) is 87.5 Å². The first-order valence-corrected chi connectivity index (χ1v) is 9.71. The average Bonchev–Trinajstić information content (AvgIpc) is 3.11. The molecule has 0 saturated carbocycles. The predicted octanol–water partition coefficient (Wildman–Crippen LogP) is 2.59. The number of ketones is 1. The van der Waals surface area contributed by atoms with E-state index in [2.05, 4.69) is 4.98 Å². The Hall–Kier alpha value is -3.48. The highest BCUT2D eigenvalue weighted by molar-refractivity contribution is 5.96. The number of nitrogens with zero attached hydrogens (tertiary/aromatic N) is 2. The Balaban J connectivity index is 1.78. The molecule has 1 aliphatic rings. The number of aryl methyl sites for hydroxylation is 1. The van der Waals surface area contributed by atoms with Gasteiger partial charge in [-0.2, -0.15) is 0 Å². The Morgan fingerprint density at radius 3 is 2.57 bits per heavy atom. The summed E-state index contributed by atoms with van der Waals surface area (Å²) in [7, 11) is 1.83. The summed E-state index contributed by atoms with van der Waals surface area (Å²) in [5.41, 5.74) is 2.45. The maximum absolute atomic E-state index is 12.7. The Morgan fingerprint density at radius 1 is 1.17 bits per heavy atom. The van der Waals surface area contributed by atoms with Gasteiger partial charge in [0.15, 0.2) is 11.9 Å². The average molecular weight is 408 g/mol. The van der Waals surface area contributed by atoms with Crippen LogP contribution in [0.25, 0.3) is 6.08 Å². The fourth-order valence-electron chi connectivity index (χ4n) is 3.30. The van der Waals surface area contributed by atoms with Gasteiger partial charge in [-0.15, -0.1) is 0 Å². The first-order chi connectivity index (χ1) is 14.4. The van der Waals surface area contributed by atoms with Gasteiger partial charge in [-0.3, -0.25) is 9.59 Å². The molecule has 2 atom stereocenters. The maximum atomic E-state index is 12.7. The molecule has 0 saturated heterocycles. The van der Waals surface area contributed by atoms with Gasteiger partial charge >= 0.3 is 11.9 Å². The first-order valence-electron chi connectivity index (χ1n) is 9.71. The molecule has 0 spiro atoms. The van der Waals surface area contributed by atoms with Crippen LogP contribution in [-0.4, -0.2) is 39.5 Å². The number of carbonyl (C=O) groups is 3. The van der Waals surface area contributed by atoms with E-state index < -0.39 is 12.1 Å². The molecule has 0 radical (unpaired) electrons. The molecule has 1 aromatic carbocycles. The van der Waals surface area contributed by atoms with E-state index >= 15 is 0 Å². The molecule has 1 heterocycles. The number of esters is 2. The highest BCUT2D eigenvalue weighted by atomic mass is 16.5. The summed E-state index contributed by atoms with van der Waals surface area (Å²) in [6.07, 6.45) is 9.13. The second-order valence-corrected chi connectivity index (χ2v) is 7.17. The minimum atomic E-state index is -0.937. The van der Waals surface area contributed by atoms with Crippen LogP contribution >= 0.6 is 0 Å². The smallest absolute Gasteiger partial charge is 0.331 e. The molecule has 7 nitrogen and oxygen atoms in total. The Labute approximate surface area is 175 Å². The lowest BCUT2D eigenvalue weighted by Crippen LogP contribution is -2.29. The van der Waals surface area contributed by atoms with Crippen molar-refractivity contribution in [3.8, 4) is 0 Å². The van der Waals surface area contributed by atoms with Crippen LogP contribution in [-0.2, 0) is 43.7 Å². The third-order valence-electron chi connectivity index (χ3n) is 4.68. The number of hydrogen-bond donors (Lipinski definition) is 0. The summed E-state index contributed by atoms with van der Waals surface area (Å²) < 4.78 is 12.6. The van der Waals surface area contributed by atoms with Gasteiger partial charge < -0.3 is 14.0 Å². The lowest BCUT2D eigenvalue weighted by molar-refractivity contribution is -0.148. The summed E-state index contributed by atoms with van der Waals surface area (Å²) in [6, 6.07) is 7.58. The molecule has 1 aliphatic carbocycles. The van der Waals surface area contributed by atoms with Crippen LogP contribution in [0.15, 0.2) is 55.0 Å². The quantitative estimate of drug-likeness (QED) is 0.571. The molecule has 30 heavy (non-hydrogen) atoms. The van der Waals surface area contributed by atoms with E-state index in [1.807, 2.05) is 31.3 Å². The number of ether oxygens (including phenoxy) is 2. The van der Waals surface area contributed by atoms with Crippen molar-refractivity contribution in [1.29, 1.82) is 0 Å². The van der Waals surface area contributed by atoms with Crippen LogP contribution in [0.5, 0.6) is 0 Å². The molecule has 0 N–H and O–H groups in total. The number of imidazole rings is 1. The fraction of sp³-hybridized carbons (Fsp3) is 0.304. The number of fused-ring (bicyclic) bond motifs is 1. The molecule has 0 fully saturated rings. The largest absolute Gasteiger partial charge is 0.462 e. The number of carbonyl (C=O) groups excluding carboxylic acids is 3. The van der Waals surface area contributed by atoms with Crippen LogP contribution in [0.3, 0.4) is 0 Å². The van der Waals surface area contributed by atoms with E-state index in [4.69, 9.17) is 9.47 Å². The van der Waals surface area contributed by atoms with Gasteiger partial charge in [0.1, 0.15) is 6.10 Å². The van der Waals surface area contributed by atoms with Crippen LogP contribution in [0.4, 0.5) is 0 Å². The zero-order chi connectivity index (χ0) is 21.5. The molecule has 0 aliphatic heterocycles. The standard InChI is InChI=1S/C23H24N2O5/c1-16(26)29-20-8-5-9-21(27)22(13-18-7-4-3-6-17(18)12-20)30-23(28)11-10-19-14-25(2)15-24-19/h3-7,9-11,14-15,20,22H,8,12-13H2,1-2H3/b9-5-,11-10+. The van der Waals surface area contributed by atoms with Crippen LogP contribution in [0, 0.1) is 0 Å². The lowest BCUT2D eigenvalue weighted by atomic mass is 9.93.